The monoisotopic (exact) mass is 366 g/mol. The average molecular weight is 366 g/mol. The minimum absolute atomic E-state index is 0.0453. The van der Waals surface area contributed by atoms with Crippen molar-refractivity contribution in [3.05, 3.63) is 65.0 Å². The van der Waals surface area contributed by atoms with Crippen molar-refractivity contribution in [3.63, 3.8) is 0 Å². The predicted octanol–water partition coefficient (Wildman–Crippen LogP) is 3.60. The molecule has 1 amide bonds. The van der Waals surface area contributed by atoms with Crippen LogP contribution in [0.1, 0.15) is 24.0 Å². The lowest BCUT2D eigenvalue weighted by atomic mass is 10.1. The molecule has 1 N–H and O–H groups in total. The minimum Gasteiger partial charge on any atom is -0.493 e. The van der Waals surface area contributed by atoms with Gasteiger partial charge in [0.1, 0.15) is 24.1 Å². The zero-order chi connectivity index (χ0) is 19.2. The number of nitriles is 1. The molecular formula is C21H19FN2O3. The van der Waals surface area contributed by atoms with Gasteiger partial charge in [-0.3, -0.25) is 4.79 Å². The largest absolute Gasteiger partial charge is 0.493 e. The lowest BCUT2D eigenvalue weighted by Gasteiger charge is -2.11. The molecule has 3 rings (SSSR count). The standard InChI is InChI=1S/C21H19FN2O3/c1-26-20-11-15(10-16(12-23)21(25)24-18-7-8-18)4-9-19(20)27-13-14-2-5-17(22)6-3-14/h2-6,9-11,18H,7-8,13H2,1H3,(H,24,25)/b16-10+. The van der Waals surface area contributed by atoms with Crippen molar-refractivity contribution in [2.75, 3.05) is 7.11 Å². The Balaban J connectivity index is 1.72. The minimum atomic E-state index is -0.365. The SMILES string of the molecule is COc1cc(/C=C(\C#N)C(=O)NC2CC2)ccc1OCc1ccc(F)cc1. The number of benzene rings is 2. The van der Waals surface area contributed by atoms with Crippen molar-refractivity contribution in [2.45, 2.75) is 25.5 Å². The van der Waals surface area contributed by atoms with E-state index < -0.39 is 0 Å². The van der Waals surface area contributed by atoms with E-state index in [0.29, 0.717) is 17.1 Å². The van der Waals surface area contributed by atoms with E-state index in [2.05, 4.69) is 5.32 Å². The molecule has 1 fully saturated rings. The number of rotatable bonds is 7. The normalized spacial score (nSPS) is 13.6. The smallest absolute Gasteiger partial charge is 0.262 e. The van der Waals surface area contributed by atoms with Crippen LogP contribution >= 0.6 is 0 Å². The molecule has 0 unspecified atom stereocenters. The molecule has 0 radical (unpaired) electrons. The van der Waals surface area contributed by atoms with E-state index in [0.717, 1.165) is 18.4 Å². The van der Waals surface area contributed by atoms with Crippen LogP contribution in [0.25, 0.3) is 6.08 Å². The predicted molar refractivity (Wildman–Crippen MR) is 98.5 cm³/mol. The first-order valence-electron chi connectivity index (χ1n) is 8.57. The van der Waals surface area contributed by atoms with Gasteiger partial charge >= 0.3 is 0 Å². The molecule has 2 aromatic carbocycles. The van der Waals surface area contributed by atoms with Crippen LogP contribution < -0.4 is 14.8 Å². The van der Waals surface area contributed by atoms with Crippen molar-refractivity contribution >= 4 is 12.0 Å². The van der Waals surface area contributed by atoms with E-state index in [1.165, 1.54) is 25.3 Å². The molecule has 6 heteroatoms. The molecule has 138 valence electrons. The van der Waals surface area contributed by atoms with Crippen LogP contribution in [-0.4, -0.2) is 19.1 Å². The van der Waals surface area contributed by atoms with E-state index in [1.54, 1.807) is 30.3 Å². The summed E-state index contributed by atoms with van der Waals surface area (Å²) in [5.74, 6) is 0.327. The van der Waals surface area contributed by atoms with Gasteiger partial charge in [0.2, 0.25) is 0 Å². The van der Waals surface area contributed by atoms with Crippen LogP contribution in [0.5, 0.6) is 11.5 Å². The highest BCUT2D eigenvalue weighted by Gasteiger charge is 2.24. The lowest BCUT2D eigenvalue weighted by Crippen LogP contribution is -2.26. The van der Waals surface area contributed by atoms with Gasteiger partial charge in [-0.05, 0) is 54.3 Å². The summed E-state index contributed by atoms with van der Waals surface area (Å²) in [7, 11) is 1.51. The van der Waals surface area contributed by atoms with Crippen molar-refractivity contribution in [1.29, 1.82) is 5.26 Å². The Morgan fingerprint density at radius 3 is 2.63 bits per heavy atom. The molecule has 0 saturated heterocycles. The number of nitrogens with one attached hydrogen (secondary N) is 1. The lowest BCUT2D eigenvalue weighted by molar-refractivity contribution is -0.117. The summed E-state index contributed by atoms with van der Waals surface area (Å²) < 4.78 is 24.0. The van der Waals surface area contributed by atoms with Gasteiger partial charge in [0.25, 0.3) is 5.91 Å². The fourth-order valence-electron chi connectivity index (χ4n) is 2.44. The highest BCUT2D eigenvalue weighted by atomic mass is 19.1. The van der Waals surface area contributed by atoms with Crippen molar-refractivity contribution in [1.82, 2.24) is 5.32 Å². The van der Waals surface area contributed by atoms with Crippen LogP contribution in [0.15, 0.2) is 48.0 Å². The fraction of sp³-hybridized carbons (Fsp3) is 0.238. The maximum absolute atomic E-state index is 13.0. The Bertz CT molecular complexity index is 897. The number of methoxy groups -OCH3 is 1. The first kappa shape index (κ1) is 18.5. The first-order chi connectivity index (χ1) is 13.1. The molecule has 0 spiro atoms. The third kappa shape index (κ3) is 5.08. The van der Waals surface area contributed by atoms with E-state index in [-0.39, 0.29) is 29.9 Å². The highest BCUT2D eigenvalue weighted by molar-refractivity contribution is 6.02. The highest BCUT2D eigenvalue weighted by Crippen LogP contribution is 2.30. The maximum atomic E-state index is 13.0. The molecule has 1 saturated carbocycles. The number of halogens is 1. The Hall–Kier alpha value is -3.33. The molecule has 0 atom stereocenters. The Morgan fingerprint density at radius 1 is 1.26 bits per heavy atom. The summed E-state index contributed by atoms with van der Waals surface area (Å²) in [4.78, 5) is 12.0. The van der Waals surface area contributed by atoms with Gasteiger partial charge in [-0.25, -0.2) is 4.39 Å². The quantitative estimate of drug-likeness (QED) is 0.600. The third-order valence-corrected chi connectivity index (χ3v) is 4.08. The Morgan fingerprint density at radius 2 is 2.00 bits per heavy atom. The fourth-order valence-corrected chi connectivity index (χ4v) is 2.44. The number of ether oxygens (including phenoxy) is 2. The van der Waals surface area contributed by atoms with Crippen molar-refractivity contribution < 1.29 is 18.7 Å². The molecule has 0 aliphatic heterocycles. The maximum Gasteiger partial charge on any atom is 0.262 e. The van der Waals surface area contributed by atoms with E-state index in [9.17, 15) is 14.4 Å². The summed E-state index contributed by atoms with van der Waals surface area (Å²) in [6.07, 6.45) is 3.43. The number of carbonyl (C=O) groups excluding carboxylic acids is 1. The van der Waals surface area contributed by atoms with E-state index in [1.807, 2.05) is 6.07 Å². The van der Waals surface area contributed by atoms with Crippen LogP contribution in [-0.2, 0) is 11.4 Å². The van der Waals surface area contributed by atoms with Crippen LogP contribution in [0, 0.1) is 17.1 Å². The second-order valence-electron chi connectivity index (χ2n) is 6.24. The van der Waals surface area contributed by atoms with Gasteiger partial charge < -0.3 is 14.8 Å². The van der Waals surface area contributed by atoms with Crippen LogP contribution in [0.3, 0.4) is 0 Å². The van der Waals surface area contributed by atoms with Gasteiger partial charge in [-0.15, -0.1) is 0 Å². The number of carbonyl (C=O) groups is 1. The van der Waals surface area contributed by atoms with Crippen molar-refractivity contribution in [3.8, 4) is 17.6 Å². The van der Waals surface area contributed by atoms with E-state index in [4.69, 9.17) is 9.47 Å². The van der Waals surface area contributed by atoms with Gasteiger partial charge in [0, 0.05) is 6.04 Å². The van der Waals surface area contributed by atoms with Gasteiger partial charge in [-0.1, -0.05) is 18.2 Å². The Kier molecular flexibility index (Phi) is 5.72. The van der Waals surface area contributed by atoms with Gasteiger partial charge in [-0.2, -0.15) is 5.26 Å². The first-order valence-corrected chi connectivity index (χ1v) is 8.57. The summed E-state index contributed by atoms with van der Waals surface area (Å²) in [5.41, 5.74) is 1.53. The summed E-state index contributed by atoms with van der Waals surface area (Å²) in [6.45, 7) is 0.263. The number of amides is 1. The van der Waals surface area contributed by atoms with E-state index >= 15 is 0 Å². The van der Waals surface area contributed by atoms with Crippen LogP contribution in [0.2, 0.25) is 0 Å². The molecule has 1 aliphatic rings. The molecule has 2 aromatic rings. The molecule has 5 nitrogen and oxygen atoms in total. The summed E-state index contributed by atoms with van der Waals surface area (Å²) >= 11 is 0. The van der Waals surface area contributed by atoms with Gasteiger partial charge in [0.15, 0.2) is 11.5 Å². The molecule has 0 aromatic heterocycles. The second-order valence-corrected chi connectivity index (χ2v) is 6.24. The molecule has 0 bridgehead atoms. The molecule has 1 aliphatic carbocycles. The Labute approximate surface area is 157 Å². The zero-order valence-electron chi connectivity index (χ0n) is 14.9. The second kappa shape index (κ2) is 8.37. The molecule has 0 heterocycles. The number of nitrogens with zero attached hydrogens (tertiary/aromatic N) is 1. The number of hydrogen-bond acceptors (Lipinski definition) is 4. The van der Waals surface area contributed by atoms with Gasteiger partial charge in [0.05, 0.1) is 7.11 Å². The molecule has 27 heavy (non-hydrogen) atoms. The summed E-state index contributed by atoms with van der Waals surface area (Å²) in [6, 6.07) is 13.3. The topological polar surface area (TPSA) is 71.3 Å². The van der Waals surface area contributed by atoms with Crippen LogP contribution in [0.4, 0.5) is 4.39 Å². The number of hydrogen-bond donors (Lipinski definition) is 1. The third-order valence-electron chi connectivity index (χ3n) is 4.08. The molecular weight excluding hydrogens is 347 g/mol. The summed E-state index contributed by atoms with van der Waals surface area (Å²) in [5, 5.41) is 12.0. The zero-order valence-corrected chi connectivity index (χ0v) is 14.9. The van der Waals surface area contributed by atoms with Crippen molar-refractivity contribution in [2.24, 2.45) is 0 Å². The average Bonchev–Trinajstić information content (AvgIpc) is 3.49.